The zero-order chi connectivity index (χ0) is 20.5. The molecule has 28 heavy (non-hydrogen) atoms. The number of carbonyl (C=O) groups is 1. The van der Waals surface area contributed by atoms with Crippen LogP contribution in [0, 0.1) is 0 Å². The Labute approximate surface area is 170 Å². The lowest BCUT2D eigenvalue weighted by Crippen LogP contribution is -2.33. The van der Waals surface area contributed by atoms with E-state index in [1.54, 1.807) is 0 Å². The molecule has 1 aromatic rings. The molecule has 0 atom stereocenters. The number of rotatable bonds is 4. The lowest BCUT2D eigenvalue weighted by molar-refractivity contribution is -0.131. The number of aliphatic carboxylic acids is 1. The van der Waals surface area contributed by atoms with Crippen LogP contribution in [0.3, 0.4) is 0 Å². The lowest BCUT2D eigenvalue weighted by Gasteiger charge is -2.42. The highest BCUT2D eigenvalue weighted by Gasteiger charge is 2.37. The molecule has 0 saturated carbocycles. The molecule has 0 unspecified atom stereocenters. The first-order valence-corrected chi connectivity index (χ1v) is 10.6. The molecule has 1 N–H and O–H groups in total. The normalized spacial score (nSPS) is 21.7. The van der Waals surface area contributed by atoms with Gasteiger partial charge >= 0.3 is 5.97 Å². The average molecular weight is 379 g/mol. The highest BCUT2D eigenvalue weighted by molar-refractivity contribution is 5.81. The highest BCUT2D eigenvalue weighted by Crippen LogP contribution is 2.47. The van der Waals surface area contributed by atoms with Crippen LogP contribution in [0.2, 0.25) is 0 Å². The van der Waals surface area contributed by atoms with Crippen molar-refractivity contribution in [3.05, 3.63) is 64.3 Å². The third-order valence-electron chi connectivity index (χ3n) is 6.61. The smallest absolute Gasteiger partial charge is 0.328 e. The van der Waals surface area contributed by atoms with Crippen LogP contribution in [0.15, 0.2) is 47.6 Å². The van der Waals surface area contributed by atoms with Crippen molar-refractivity contribution in [1.29, 1.82) is 0 Å². The minimum absolute atomic E-state index is 0.215. The lowest BCUT2D eigenvalue weighted by atomic mass is 9.62. The van der Waals surface area contributed by atoms with Crippen LogP contribution < -0.4 is 0 Å². The molecule has 0 bridgehead atoms. The molecule has 2 aliphatic carbocycles. The van der Waals surface area contributed by atoms with Crippen LogP contribution in [0.4, 0.5) is 0 Å². The van der Waals surface area contributed by atoms with Gasteiger partial charge in [0.05, 0.1) is 0 Å². The van der Waals surface area contributed by atoms with Crippen LogP contribution in [-0.2, 0) is 15.6 Å². The number of carboxylic acid groups (broad SMARTS) is 1. The van der Waals surface area contributed by atoms with E-state index in [9.17, 15) is 4.79 Å². The molecule has 0 radical (unpaired) electrons. The van der Waals surface area contributed by atoms with E-state index in [1.807, 2.05) is 13.0 Å². The van der Waals surface area contributed by atoms with Gasteiger partial charge in [0.15, 0.2) is 0 Å². The second-order valence-corrected chi connectivity index (χ2v) is 9.80. The maximum Gasteiger partial charge on any atom is 0.328 e. The largest absolute Gasteiger partial charge is 0.478 e. The molecule has 0 fully saturated rings. The molecule has 0 amide bonds. The van der Waals surface area contributed by atoms with Crippen molar-refractivity contribution in [2.75, 3.05) is 0 Å². The average Bonchev–Trinajstić information content (AvgIpc) is 2.63. The summed E-state index contributed by atoms with van der Waals surface area (Å²) in [5.41, 5.74) is 8.39. The Morgan fingerprint density at radius 2 is 1.64 bits per heavy atom. The van der Waals surface area contributed by atoms with Gasteiger partial charge in [-0.2, -0.15) is 0 Å². The second kappa shape index (κ2) is 7.73. The van der Waals surface area contributed by atoms with Gasteiger partial charge in [-0.15, -0.1) is 0 Å². The van der Waals surface area contributed by atoms with Gasteiger partial charge in [0.1, 0.15) is 0 Å². The zero-order valence-electron chi connectivity index (χ0n) is 18.1. The molecule has 1 aromatic carbocycles. The van der Waals surface area contributed by atoms with E-state index in [0.29, 0.717) is 0 Å². The van der Waals surface area contributed by atoms with Crippen LogP contribution in [0.25, 0.3) is 5.57 Å². The molecule has 150 valence electrons. The first-order valence-electron chi connectivity index (χ1n) is 10.6. The van der Waals surface area contributed by atoms with E-state index in [1.165, 1.54) is 59.6 Å². The summed E-state index contributed by atoms with van der Waals surface area (Å²) in [4.78, 5) is 10.9. The molecule has 0 saturated heterocycles. The number of allylic oxidation sites excluding steroid dienone is 5. The third kappa shape index (κ3) is 4.32. The van der Waals surface area contributed by atoms with E-state index >= 15 is 0 Å². The Bertz CT molecular complexity index is 862. The fraction of sp³-hybridized carbons (Fsp3) is 0.500. The third-order valence-corrected chi connectivity index (χ3v) is 6.61. The summed E-state index contributed by atoms with van der Waals surface area (Å²) in [6, 6.07) is 7.13. The molecule has 0 heterocycles. The number of hydrogen-bond acceptors (Lipinski definition) is 1. The number of hydrogen-bond donors (Lipinski definition) is 1. The summed E-state index contributed by atoms with van der Waals surface area (Å²) < 4.78 is 0. The summed E-state index contributed by atoms with van der Waals surface area (Å²) in [7, 11) is 0. The summed E-state index contributed by atoms with van der Waals surface area (Å²) in [5, 5.41) is 8.93. The Morgan fingerprint density at radius 3 is 2.32 bits per heavy atom. The Morgan fingerprint density at radius 1 is 1.00 bits per heavy atom. The van der Waals surface area contributed by atoms with Gasteiger partial charge in [0, 0.05) is 6.08 Å². The molecule has 0 aromatic heterocycles. The Kier molecular flexibility index (Phi) is 5.70. The van der Waals surface area contributed by atoms with Crippen LogP contribution in [-0.4, -0.2) is 11.1 Å². The summed E-state index contributed by atoms with van der Waals surface area (Å²) in [6.07, 6.45) is 12.4. The summed E-state index contributed by atoms with van der Waals surface area (Å²) >= 11 is 0. The van der Waals surface area contributed by atoms with Crippen molar-refractivity contribution in [2.45, 2.75) is 84.0 Å². The molecular formula is C26H34O2. The van der Waals surface area contributed by atoms with Gasteiger partial charge in [-0.25, -0.2) is 4.79 Å². The van der Waals surface area contributed by atoms with Gasteiger partial charge in [0.25, 0.3) is 0 Å². The predicted molar refractivity (Wildman–Crippen MR) is 118 cm³/mol. The van der Waals surface area contributed by atoms with Gasteiger partial charge in [-0.3, -0.25) is 0 Å². The monoisotopic (exact) mass is 378 g/mol. The van der Waals surface area contributed by atoms with Gasteiger partial charge < -0.3 is 5.11 Å². The molecule has 2 heteroatoms. The number of fused-ring (bicyclic) bond motifs is 1. The van der Waals surface area contributed by atoms with Gasteiger partial charge in [-0.05, 0) is 89.7 Å². The Balaban J connectivity index is 2.04. The zero-order valence-corrected chi connectivity index (χ0v) is 18.1. The fourth-order valence-corrected chi connectivity index (χ4v) is 4.69. The standard InChI is InChI=1S/C26H34O2/c1-18(16-24(27)28)10-11-19-8-6-7-9-21(19)20-12-13-22-23(17-20)26(4,5)15-14-25(22,2)3/h10-13,16-17H,6-9,14-15H2,1-5H3,(H,27,28). The van der Waals surface area contributed by atoms with Crippen molar-refractivity contribution in [3.8, 4) is 0 Å². The van der Waals surface area contributed by atoms with Crippen LogP contribution >= 0.6 is 0 Å². The first-order chi connectivity index (χ1) is 13.1. The van der Waals surface area contributed by atoms with Crippen molar-refractivity contribution in [3.63, 3.8) is 0 Å². The molecule has 0 aliphatic heterocycles. The fourth-order valence-electron chi connectivity index (χ4n) is 4.69. The number of benzene rings is 1. The summed E-state index contributed by atoms with van der Waals surface area (Å²) in [5.74, 6) is -0.889. The quantitative estimate of drug-likeness (QED) is 0.454. The minimum Gasteiger partial charge on any atom is -0.478 e. The van der Waals surface area contributed by atoms with Crippen molar-refractivity contribution >= 4 is 11.5 Å². The Hall–Kier alpha value is -2.09. The van der Waals surface area contributed by atoms with E-state index in [-0.39, 0.29) is 10.8 Å². The van der Waals surface area contributed by atoms with E-state index in [4.69, 9.17) is 5.11 Å². The van der Waals surface area contributed by atoms with E-state index < -0.39 is 5.97 Å². The van der Waals surface area contributed by atoms with Crippen molar-refractivity contribution < 1.29 is 9.90 Å². The maximum absolute atomic E-state index is 10.9. The van der Waals surface area contributed by atoms with E-state index in [0.717, 1.165) is 18.4 Å². The molecule has 2 nitrogen and oxygen atoms in total. The second-order valence-electron chi connectivity index (χ2n) is 9.80. The molecule has 0 spiro atoms. The highest BCUT2D eigenvalue weighted by atomic mass is 16.4. The van der Waals surface area contributed by atoms with Crippen molar-refractivity contribution in [1.82, 2.24) is 0 Å². The molecular weight excluding hydrogens is 344 g/mol. The van der Waals surface area contributed by atoms with Gasteiger partial charge in [0.2, 0.25) is 0 Å². The predicted octanol–water partition coefficient (Wildman–Crippen LogP) is 6.95. The van der Waals surface area contributed by atoms with Crippen LogP contribution in [0.1, 0.15) is 89.8 Å². The van der Waals surface area contributed by atoms with E-state index in [2.05, 4.69) is 52.0 Å². The topological polar surface area (TPSA) is 37.3 Å². The molecule has 2 aliphatic rings. The maximum atomic E-state index is 10.9. The number of carboxylic acids is 1. The van der Waals surface area contributed by atoms with Crippen molar-refractivity contribution in [2.24, 2.45) is 0 Å². The minimum atomic E-state index is -0.889. The SMILES string of the molecule is CC(C=CC1=C(c2ccc3c(c2)C(C)(C)CCC3(C)C)CCCC1)=CC(=O)O. The van der Waals surface area contributed by atoms with Gasteiger partial charge in [-0.1, -0.05) is 58.0 Å². The summed E-state index contributed by atoms with van der Waals surface area (Å²) in [6.45, 7) is 11.3. The first kappa shape index (κ1) is 20.6. The molecule has 3 rings (SSSR count). The van der Waals surface area contributed by atoms with Crippen LogP contribution in [0.5, 0.6) is 0 Å².